The molecule has 1 saturated heterocycles. The Labute approximate surface area is 169 Å². The van der Waals surface area contributed by atoms with E-state index >= 15 is 0 Å². The van der Waals surface area contributed by atoms with Crippen LogP contribution in [0.25, 0.3) is 0 Å². The minimum absolute atomic E-state index is 0.0145. The number of methoxy groups -OCH3 is 2. The lowest BCUT2D eigenvalue weighted by atomic mass is 9.77. The third kappa shape index (κ3) is 3.52. The van der Waals surface area contributed by atoms with Gasteiger partial charge in [-0.2, -0.15) is 13.2 Å². The number of ketones is 1. The summed E-state index contributed by atoms with van der Waals surface area (Å²) in [6.07, 6.45) is -2.94. The Morgan fingerprint density at radius 2 is 1.93 bits per heavy atom. The standard InChI is InChI=1S/C19H18F3N3O5/c1-29-12-7-3-6-11(16(12)30-2)14-13(15(26)10-5-4-8-23-9-10)18(28,19(20,21)22)25-17(27)24-14/h3-9,13-14,28H,1-2H3,(H2,24,25,27)/t13-,14+,18+/m1/s1. The molecule has 1 aliphatic rings. The first-order chi connectivity index (χ1) is 14.1. The summed E-state index contributed by atoms with van der Waals surface area (Å²) in [6.45, 7) is 0. The van der Waals surface area contributed by atoms with Crippen molar-refractivity contribution in [2.75, 3.05) is 14.2 Å². The Balaban J connectivity index is 2.24. The van der Waals surface area contributed by atoms with Crippen molar-refractivity contribution in [3.63, 3.8) is 0 Å². The van der Waals surface area contributed by atoms with E-state index in [2.05, 4.69) is 10.3 Å². The zero-order chi connectivity index (χ0) is 22.1. The van der Waals surface area contributed by atoms with E-state index in [1.807, 2.05) is 0 Å². The predicted octanol–water partition coefficient (Wildman–Crippen LogP) is 2.20. The van der Waals surface area contributed by atoms with Gasteiger partial charge in [0, 0.05) is 23.5 Å². The molecule has 0 bridgehead atoms. The van der Waals surface area contributed by atoms with E-state index in [1.165, 1.54) is 56.1 Å². The van der Waals surface area contributed by atoms with Crippen molar-refractivity contribution in [2.24, 2.45) is 5.92 Å². The number of pyridine rings is 1. The smallest absolute Gasteiger partial charge is 0.437 e. The summed E-state index contributed by atoms with van der Waals surface area (Å²) in [7, 11) is 2.59. The molecule has 0 spiro atoms. The first-order valence-corrected chi connectivity index (χ1v) is 8.67. The number of nitrogens with zero attached hydrogens (tertiary/aromatic N) is 1. The zero-order valence-corrected chi connectivity index (χ0v) is 15.9. The number of aliphatic hydroxyl groups is 1. The van der Waals surface area contributed by atoms with Crippen molar-refractivity contribution in [1.29, 1.82) is 0 Å². The fourth-order valence-electron chi connectivity index (χ4n) is 3.44. The number of hydrogen-bond donors (Lipinski definition) is 3. The fourth-order valence-corrected chi connectivity index (χ4v) is 3.44. The molecule has 3 N–H and O–H groups in total. The molecule has 1 fully saturated rings. The number of nitrogens with one attached hydrogen (secondary N) is 2. The molecule has 8 nitrogen and oxygen atoms in total. The van der Waals surface area contributed by atoms with Crippen LogP contribution in [0.15, 0.2) is 42.7 Å². The van der Waals surface area contributed by atoms with Crippen molar-refractivity contribution < 1.29 is 37.3 Å². The molecule has 1 aromatic heterocycles. The molecule has 0 saturated carbocycles. The van der Waals surface area contributed by atoms with Gasteiger partial charge in [-0.3, -0.25) is 9.78 Å². The van der Waals surface area contributed by atoms with Crippen LogP contribution >= 0.6 is 0 Å². The SMILES string of the molecule is COc1cccc([C@@H]2NC(=O)N[C@@](O)(C(F)(F)F)[C@H]2C(=O)c2cccnc2)c1OC. The lowest BCUT2D eigenvalue weighted by molar-refractivity contribution is -0.287. The van der Waals surface area contributed by atoms with Crippen molar-refractivity contribution >= 4 is 11.8 Å². The Kier molecular flexibility index (Phi) is 5.57. The molecular weight excluding hydrogens is 407 g/mol. The Hall–Kier alpha value is -3.34. The van der Waals surface area contributed by atoms with Crippen LogP contribution in [0.4, 0.5) is 18.0 Å². The maximum absolute atomic E-state index is 13.9. The second-order valence-corrected chi connectivity index (χ2v) is 6.51. The van der Waals surface area contributed by atoms with Gasteiger partial charge in [0.15, 0.2) is 17.3 Å². The molecule has 160 valence electrons. The molecule has 3 atom stereocenters. The van der Waals surface area contributed by atoms with E-state index in [9.17, 15) is 27.9 Å². The number of alkyl halides is 3. The van der Waals surface area contributed by atoms with E-state index in [1.54, 1.807) is 0 Å². The van der Waals surface area contributed by atoms with Crippen LogP contribution in [0, 0.1) is 5.92 Å². The molecule has 2 heterocycles. The molecule has 0 aliphatic carbocycles. The van der Waals surface area contributed by atoms with Crippen LogP contribution in [0.3, 0.4) is 0 Å². The minimum Gasteiger partial charge on any atom is -0.493 e. The topological polar surface area (TPSA) is 110 Å². The summed E-state index contributed by atoms with van der Waals surface area (Å²) in [5.41, 5.74) is -3.99. The number of benzene rings is 1. The average Bonchev–Trinajstić information content (AvgIpc) is 2.71. The molecule has 3 rings (SSSR count). The normalized spacial score (nSPS) is 23.9. The number of amides is 2. The monoisotopic (exact) mass is 425 g/mol. The molecule has 2 aromatic rings. The summed E-state index contributed by atoms with van der Waals surface area (Å²) in [4.78, 5) is 29.0. The summed E-state index contributed by atoms with van der Waals surface area (Å²) < 4.78 is 52.2. The second kappa shape index (κ2) is 7.82. The molecular formula is C19H18F3N3O5. The Bertz CT molecular complexity index is 954. The molecule has 0 radical (unpaired) electrons. The van der Waals surface area contributed by atoms with Gasteiger partial charge in [-0.15, -0.1) is 0 Å². The second-order valence-electron chi connectivity index (χ2n) is 6.51. The Morgan fingerprint density at radius 1 is 1.20 bits per heavy atom. The maximum atomic E-state index is 13.9. The highest BCUT2D eigenvalue weighted by atomic mass is 19.4. The van der Waals surface area contributed by atoms with Gasteiger partial charge >= 0.3 is 12.2 Å². The number of urea groups is 1. The van der Waals surface area contributed by atoms with E-state index in [4.69, 9.17) is 9.47 Å². The van der Waals surface area contributed by atoms with Gasteiger partial charge in [0.25, 0.3) is 0 Å². The highest BCUT2D eigenvalue weighted by molar-refractivity contribution is 6.00. The van der Waals surface area contributed by atoms with Crippen LogP contribution < -0.4 is 20.1 Å². The number of carbonyl (C=O) groups excluding carboxylic acids is 2. The predicted molar refractivity (Wildman–Crippen MR) is 97.0 cm³/mol. The number of halogens is 3. The minimum atomic E-state index is -5.36. The molecule has 1 aromatic carbocycles. The molecule has 2 amide bonds. The number of rotatable bonds is 5. The summed E-state index contributed by atoms with van der Waals surface area (Å²) >= 11 is 0. The van der Waals surface area contributed by atoms with E-state index in [-0.39, 0.29) is 22.6 Å². The lowest BCUT2D eigenvalue weighted by Gasteiger charge is -2.45. The molecule has 11 heteroatoms. The molecule has 1 aliphatic heterocycles. The van der Waals surface area contributed by atoms with Crippen molar-refractivity contribution in [3.05, 3.63) is 53.9 Å². The summed E-state index contributed by atoms with van der Waals surface area (Å²) in [5, 5.41) is 14.3. The van der Waals surface area contributed by atoms with E-state index in [0.717, 1.165) is 6.20 Å². The van der Waals surface area contributed by atoms with Crippen molar-refractivity contribution in [1.82, 2.24) is 15.6 Å². The molecule has 0 unspecified atom stereocenters. The van der Waals surface area contributed by atoms with Gasteiger partial charge in [0.2, 0.25) is 5.72 Å². The highest BCUT2D eigenvalue weighted by Gasteiger charge is 2.66. The fraction of sp³-hybridized carbons (Fsp3) is 0.316. The van der Waals surface area contributed by atoms with Crippen molar-refractivity contribution in [2.45, 2.75) is 17.9 Å². The maximum Gasteiger partial charge on any atom is 0.437 e. The van der Waals surface area contributed by atoms with E-state index in [0.29, 0.717) is 0 Å². The summed E-state index contributed by atoms with van der Waals surface area (Å²) in [6, 6.07) is 4.07. The number of hydrogen-bond acceptors (Lipinski definition) is 6. The molecule has 30 heavy (non-hydrogen) atoms. The number of ether oxygens (including phenoxy) is 2. The van der Waals surface area contributed by atoms with Gasteiger partial charge in [-0.25, -0.2) is 4.79 Å². The van der Waals surface area contributed by atoms with E-state index < -0.39 is 35.7 Å². The number of para-hydroxylation sites is 1. The van der Waals surface area contributed by atoms with Crippen LogP contribution in [0.1, 0.15) is 22.0 Å². The largest absolute Gasteiger partial charge is 0.493 e. The quantitative estimate of drug-likeness (QED) is 0.634. The van der Waals surface area contributed by atoms with Crippen LogP contribution in [0.5, 0.6) is 11.5 Å². The van der Waals surface area contributed by atoms with Crippen LogP contribution in [-0.4, -0.2) is 48.0 Å². The van der Waals surface area contributed by atoms with Crippen LogP contribution in [-0.2, 0) is 0 Å². The average molecular weight is 425 g/mol. The summed E-state index contributed by atoms with van der Waals surface area (Å²) in [5.74, 6) is -3.09. The highest BCUT2D eigenvalue weighted by Crippen LogP contribution is 2.47. The number of Topliss-reactive ketones (excluding diaryl/α,β-unsaturated/α-hetero) is 1. The van der Waals surface area contributed by atoms with Gasteiger partial charge in [-0.1, -0.05) is 12.1 Å². The first-order valence-electron chi connectivity index (χ1n) is 8.67. The Morgan fingerprint density at radius 3 is 2.50 bits per heavy atom. The first kappa shape index (κ1) is 21.4. The van der Waals surface area contributed by atoms with Gasteiger partial charge in [0.1, 0.15) is 5.92 Å². The zero-order valence-electron chi connectivity index (χ0n) is 15.9. The number of carbonyl (C=O) groups is 2. The third-order valence-corrected chi connectivity index (χ3v) is 4.80. The van der Waals surface area contributed by atoms with Gasteiger partial charge in [-0.05, 0) is 18.2 Å². The lowest BCUT2D eigenvalue weighted by Crippen LogP contribution is -2.72. The van der Waals surface area contributed by atoms with Gasteiger partial charge in [0.05, 0.1) is 20.3 Å². The van der Waals surface area contributed by atoms with Gasteiger partial charge < -0.3 is 25.2 Å². The van der Waals surface area contributed by atoms with Crippen LogP contribution in [0.2, 0.25) is 0 Å². The number of aromatic nitrogens is 1. The third-order valence-electron chi connectivity index (χ3n) is 4.80. The van der Waals surface area contributed by atoms with Crippen molar-refractivity contribution in [3.8, 4) is 11.5 Å².